The second-order valence-electron chi connectivity index (χ2n) is 7.15. The van der Waals surface area contributed by atoms with Crippen LogP contribution in [0, 0.1) is 0 Å². The van der Waals surface area contributed by atoms with Crippen LogP contribution in [-0.4, -0.2) is 31.3 Å². The number of thioether (sulfide) groups is 1. The first-order valence-corrected chi connectivity index (χ1v) is 11.4. The molecule has 7 nitrogen and oxygen atoms in total. The van der Waals surface area contributed by atoms with Crippen LogP contribution in [0.3, 0.4) is 0 Å². The summed E-state index contributed by atoms with van der Waals surface area (Å²) in [5.74, 6) is 1.86. The Morgan fingerprint density at radius 1 is 1.00 bits per heavy atom. The van der Waals surface area contributed by atoms with Crippen molar-refractivity contribution >= 4 is 29.0 Å². The van der Waals surface area contributed by atoms with Gasteiger partial charge in [0.05, 0.1) is 12.8 Å². The fraction of sp³-hybridized carbons (Fsp3) is 0.0833. The summed E-state index contributed by atoms with van der Waals surface area (Å²) in [6.07, 6.45) is 1.71. The number of rotatable bonds is 6. The predicted molar refractivity (Wildman–Crippen MR) is 129 cm³/mol. The lowest BCUT2D eigenvalue weighted by molar-refractivity contribution is 0.415. The number of pyridine rings is 1. The number of hydrogen-bond donors (Lipinski definition) is 0. The molecule has 3 aromatic heterocycles. The van der Waals surface area contributed by atoms with Crippen molar-refractivity contribution in [2.45, 2.75) is 10.9 Å². The van der Waals surface area contributed by atoms with E-state index in [0.717, 1.165) is 17.0 Å². The van der Waals surface area contributed by atoms with Crippen molar-refractivity contribution in [3.05, 3.63) is 100 Å². The van der Waals surface area contributed by atoms with Crippen LogP contribution in [0.5, 0.6) is 5.75 Å². The van der Waals surface area contributed by atoms with Gasteiger partial charge in [-0.15, -0.1) is 10.2 Å². The summed E-state index contributed by atoms with van der Waals surface area (Å²) in [5, 5.41) is 10.2. The van der Waals surface area contributed by atoms with Gasteiger partial charge in [0.1, 0.15) is 11.4 Å². The van der Waals surface area contributed by atoms with Crippen LogP contribution in [0.15, 0.2) is 88.9 Å². The second kappa shape index (κ2) is 9.09. The summed E-state index contributed by atoms with van der Waals surface area (Å²) in [7, 11) is 1.63. The lowest BCUT2D eigenvalue weighted by Crippen LogP contribution is -2.14. The summed E-state index contributed by atoms with van der Waals surface area (Å²) < 4.78 is 8.86. The number of nitrogens with zero attached hydrogens (tertiary/aromatic N) is 5. The molecule has 2 aromatic carbocycles. The van der Waals surface area contributed by atoms with Crippen molar-refractivity contribution in [3.63, 3.8) is 0 Å². The summed E-state index contributed by atoms with van der Waals surface area (Å²) >= 11 is 7.57. The molecule has 0 amide bonds. The third-order valence-electron chi connectivity index (χ3n) is 5.02. The maximum Gasteiger partial charge on any atom is 0.258 e. The average Bonchev–Trinajstić information content (AvgIpc) is 3.27. The lowest BCUT2D eigenvalue weighted by Gasteiger charge is -2.11. The highest BCUT2D eigenvalue weighted by molar-refractivity contribution is 7.98. The molecule has 0 aliphatic heterocycles. The van der Waals surface area contributed by atoms with Crippen LogP contribution in [0.25, 0.3) is 22.7 Å². The lowest BCUT2D eigenvalue weighted by atomic mass is 10.2. The van der Waals surface area contributed by atoms with E-state index in [-0.39, 0.29) is 5.56 Å². The first-order chi connectivity index (χ1) is 16.1. The third-order valence-corrected chi connectivity index (χ3v) is 6.23. The van der Waals surface area contributed by atoms with E-state index in [2.05, 4.69) is 15.2 Å². The fourth-order valence-corrected chi connectivity index (χ4v) is 4.42. The zero-order valence-electron chi connectivity index (χ0n) is 17.6. The van der Waals surface area contributed by atoms with Crippen molar-refractivity contribution in [1.82, 2.24) is 24.1 Å². The molecule has 0 atom stereocenters. The first-order valence-electron chi connectivity index (χ1n) is 10.1. The van der Waals surface area contributed by atoms with E-state index < -0.39 is 0 Å². The van der Waals surface area contributed by atoms with E-state index in [4.69, 9.17) is 16.3 Å². The number of aromatic nitrogens is 5. The highest BCUT2D eigenvalue weighted by Crippen LogP contribution is 2.31. The Kier molecular flexibility index (Phi) is 5.85. The molecular formula is C24H18ClN5O2S. The molecule has 0 radical (unpaired) electrons. The van der Waals surface area contributed by atoms with Gasteiger partial charge in [-0.3, -0.25) is 13.8 Å². The summed E-state index contributed by atoms with van der Waals surface area (Å²) in [6, 6.07) is 22.2. The minimum atomic E-state index is -0.118. The van der Waals surface area contributed by atoms with Crippen molar-refractivity contribution < 1.29 is 4.74 Å². The second-order valence-corrected chi connectivity index (χ2v) is 8.53. The van der Waals surface area contributed by atoms with Crippen molar-refractivity contribution in [1.29, 1.82) is 0 Å². The van der Waals surface area contributed by atoms with Crippen LogP contribution in [0.2, 0.25) is 5.02 Å². The van der Waals surface area contributed by atoms with Crippen LogP contribution in [-0.2, 0) is 5.75 Å². The van der Waals surface area contributed by atoms with Crippen LogP contribution >= 0.6 is 23.4 Å². The number of halogens is 1. The largest absolute Gasteiger partial charge is 0.497 e. The van der Waals surface area contributed by atoms with E-state index in [1.54, 1.807) is 25.4 Å². The highest BCUT2D eigenvalue weighted by atomic mass is 35.5. The van der Waals surface area contributed by atoms with E-state index >= 15 is 0 Å². The quantitative estimate of drug-likeness (QED) is 0.325. The van der Waals surface area contributed by atoms with E-state index in [1.807, 2.05) is 65.2 Å². The Balaban J connectivity index is 1.54. The Labute approximate surface area is 198 Å². The topological polar surface area (TPSA) is 74.3 Å². The molecular weight excluding hydrogens is 458 g/mol. The minimum absolute atomic E-state index is 0.118. The molecule has 33 heavy (non-hydrogen) atoms. The molecule has 0 aliphatic carbocycles. The predicted octanol–water partition coefficient (Wildman–Crippen LogP) is 4.90. The molecule has 5 rings (SSSR count). The van der Waals surface area contributed by atoms with Crippen molar-refractivity contribution in [2.75, 3.05) is 7.11 Å². The number of hydrogen-bond acceptors (Lipinski definition) is 6. The van der Waals surface area contributed by atoms with E-state index in [0.29, 0.717) is 33.1 Å². The van der Waals surface area contributed by atoms with Crippen LogP contribution in [0.4, 0.5) is 0 Å². The molecule has 0 N–H and O–H groups in total. The number of benzene rings is 2. The van der Waals surface area contributed by atoms with Crippen LogP contribution < -0.4 is 10.3 Å². The zero-order chi connectivity index (χ0) is 22.8. The minimum Gasteiger partial charge on any atom is -0.497 e. The van der Waals surface area contributed by atoms with Gasteiger partial charge in [0.25, 0.3) is 5.56 Å². The van der Waals surface area contributed by atoms with E-state index in [9.17, 15) is 4.79 Å². The molecule has 0 aliphatic rings. The van der Waals surface area contributed by atoms with Crippen LogP contribution in [0.1, 0.15) is 5.69 Å². The molecule has 0 unspecified atom stereocenters. The maximum absolute atomic E-state index is 12.4. The van der Waals surface area contributed by atoms with E-state index in [1.165, 1.54) is 16.2 Å². The average molecular weight is 476 g/mol. The van der Waals surface area contributed by atoms with Crippen molar-refractivity contribution in [2.24, 2.45) is 0 Å². The molecule has 3 heterocycles. The van der Waals surface area contributed by atoms with Gasteiger partial charge in [0, 0.05) is 34.3 Å². The van der Waals surface area contributed by atoms with Gasteiger partial charge in [0.15, 0.2) is 11.0 Å². The number of fused-ring (bicyclic) bond motifs is 1. The summed E-state index contributed by atoms with van der Waals surface area (Å²) in [5.41, 5.74) is 2.90. The monoisotopic (exact) mass is 475 g/mol. The Bertz CT molecular complexity index is 1500. The maximum atomic E-state index is 12.4. The van der Waals surface area contributed by atoms with Gasteiger partial charge >= 0.3 is 0 Å². The number of methoxy groups -OCH3 is 1. The smallest absolute Gasteiger partial charge is 0.258 e. The molecule has 5 aromatic rings. The molecule has 0 saturated carbocycles. The normalized spacial score (nSPS) is 11.1. The van der Waals surface area contributed by atoms with Gasteiger partial charge in [-0.1, -0.05) is 41.6 Å². The third kappa shape index (κ3) is 4.35. The summed E-state index contributed by atoms with van der Waals surface area (Å²) in [4.78, 5) is 17.0. The SMILES string of the molecule is COc1cccc(-c2nnc(SCc3cc(=O)n4ccccc4n3)n2-c2ccc(Cl)cc2)c1. The van der Waals surface area contributed by atoms with Crippen molar-refractivity contribution in [3.8, 4) is 22.8 Å². The highest BCUT2D eigenvalue weighted by Gasteiger charge is 2.17. The van der Waals surface area contributed by atoms with Gasteiger partial charge in [-0.25, -0.2) is 4.98 Å². The fourth-order valence-electron chi connectivity index (χ4n) is 3.45. The van der Waals surface area contributed by atoms with Gasteiger partial charge < -0.3 is 4.74 Å². The molecule has 0 fully saturated rings. The van der Waals surface area contributed by atoms with Gasteiger partial charge in [0.2, 0.25) is 0 Å². The number of ether oxygens (including phenoxy) is 1. The summed E-state index contributed by atoms with van der Waals surface area (Å²) in [6.45, 7) is 0. The first kappa shape index (κ1) is 21.2. The van der Waals surface area contributed by atoms with Gasteiger partial charge in [-0.05, 0) is 48.5 Å². The Hall–Kier alpha value is -3.62. The molecule has 0 saturated heterocycles. The molecule has 0 spiro atoms. The van der Waals surface area contributed by atoms with Gasteiger partial charge in [-0.2, -0.15) is 0 Å². The molecule has 164 valence electrons. The standard InChI is InChI=1S/C24H18ClN5O2S/c1-32-20-6-4-5-16(13-20)23-27-28-24(30(23)19-10-8-17(25)9-11-19)33-15-18-14-22(31)29-12-3-2-7-21(29)26-18/h2-14H,15H2,1H3. The zero-order valence-corrected chi connectivity index (χ0v) is 19.1. The molecule has 9 heteroatoms. The Morgan fingerprint density at radius 2 is 1.85 bits per heavy atom. The Morgan fingerprint density at radius 3 is 2.67 bits per heavy atom. The molecule has 0 bridgehead atoms.